The zero-order chi connectivity index (χ0) is 14.9. The first-order valence-corrected chi connectivity index (χ1v) is 8.77. The van der Waals surface area contributed by atoms with Crippen LogP contribution in [0.25, 0.3) is 0 Å². The standard InChI is InChI=1S/C19H36O.Na/c1-3-4-5-6-7-8-9-10-11-12-13-14-15-16-17-18-19(2)20;/h10-11,20H,2-9,12-18H2,1H3;/q;+1/p-1/b11-10-;. The van der Waals surface area contributed by atoms with Crippen LogP contribution >= 0.6 is 0 Å². The summed E-state index contributed by atoms with van der Waals surface area (Å²) in [4.78, 5) is 0. The third-order valence-electron chi connectivity index (χ3n) is 3.72. The Kier molecular flexibility index (Phi) is 22.7. The Morgan fingerprint density at radius 1 is 0.762 bits per heavy atom. The van der Waals surface area contributed by atoms with E-state index >= 15 is 0 Å². The average Bonchev–Trinajstić information content (AvgIpc) is 2.43. The first-order valence-electron chi connectivity index (χ1n) is 8.77. The summed E-state index contributed by atoms with van der Waals surface area (Å²) < 4.78 is 0. The molecule has 0 heterocycles. The van der Waals surface area contributed by atoms with Crippen molar-refractivity contribution < 1.29 is 34.7 Å². The fourth-order valence-electron chi connectivity index (χ4n) is 2.39. The number of allylic oxidation sites excluding steroid dienone is 3. The molecular formula is C19H35NaO. The van der Waals surface area contributed by atoms with E-state index in [0.29, 0.717) is 6.42 Å². The second-order valence-corrected chi connectivity index (χ2v) is 5.87. The van der Waals surface area contributed by atoms with E-state index in [1.807, 2.05) is 0 Å². The molecule has 118 valence electrons. The Labute approximate surface area is 155 Å². The molecule has 0 fully saturated rings. The SMILES string of the molecule is C=C([O-])CCCCCCC/C=C\CCCCCCCC.[Na+]. The van der Waals surface area contributed by atoms with Crippen LogP contribution in [0.2, 0.25) is 0 Å². The first kappa shape index (κ1) is 23.5. The maximum absolute atomic E-state index is 10.7. The molecule has 0 unspecified atom stereocenters. The van der Waals surface area contributed by atoms with E-state index in [0.717, 1.165) is 6.42 Å². The molecule has 0 saturated carbocycles. The minimum atomic E-state index is 0. The molecule has 0 aromatic carbocycles. The maximum Gasteiger partial charge on any atom is 1.00 e. The summed E-state index contributed by atoms with van der Waals surface area (Å²) in [7, 11) is 0. The van der Waals surface area contributed by atoms with Crippen LogP contribution in [0, 0.1) is 0 Å². The molecule has 0 bridgehead atoms. The Balaban J connectivity index is 0. The van der Waals surface area contributed by atoms with E-state index in [4.69, 9.17) is 0 Å². The molecule has 0 radical (unpaired) electrons. The molecule has 2 heteroatoms. The van der Waals surface area contributed by atoms with Crippen molar-refractivity contribution in [2.75, 3.05) is 0 Å². The summed E-state index contributed by atoms with van der Waals surface area (Å²) >= 11 is 0. The Morgan fingerprint density at radius 3 is 1.67 bits per heavy atom. The van der Waals surface area contributed by atoms with Crippen LogP contribution in [0.3, 0.4) is 0 Å². The van der Waals surface area contributed by atoms with Crippen LogP contribution in [-0.2, 0) is 0 Å². The van der Waals surface area contributed by atoms with Crippen molar-refractivity contribution >= 4 is 0 Å². The predicted molar refractivity (Wildman–Crippen MR) is 88.6 cm³/mol. The van der Waals surface area contributed by atoms with Crippen molar-refractivity contribution in [2.45, 2.75) is 96.8 Å². The minimum Gasteiger partial charge on any atom is -0.876 e. The Bertz CT molecular complexity index is 236. The molecule has 1 nitrogen and oxygen atoms in total. The molecule has 0 spiro atoms. The summed E-state index contributed by atoms with van der Waals surface area (Å²) in [6.07, 6.45) is 22.3. The zero-order valence-electron chi connectivity index (χ0n) is 14.7. The number of hydrogen-bond acceptors (Lipinski definition) is 1. The van der Waals surface area contributed by atoms with Gasteiger partial charge >= 0.3 is 29.6 Å². The Hall–Kier alpha value is 0.280. The van der Waals surface area contributed by atoms with Crippen molar-refractivity contribution in [3.63, 3.8) is 0 Å². The molecule has 0 rings (SSSR count). The van der Waals surface area contributed by atoms with Crippen LogP contribution in [-0.4, -0.2) is 0 Å². The van der Waals surface area contributed by atoms with Crippen LogP contribution in [0.1, 0.15) is 96.8 Å². The zero-order valence-corrected chi connectivity index (χ0v) is 16.7. The molecule has 0 aromatic heterocycles. The minimum absolute atomic E-state index is 0. The molecule has 0 aliphatic carbocycles. The third kappa shape index (κ3) is 22.7. The summed E-state index contributed by atoms with van der Waals surface area (Å²) in [5.74, 6) is 0.0858. The van der Waals surface area contributed by atoms with Crippen molar-refractivity contribution in [1.29, 1.82) is 0 Å². The molecule has 0 atom stereocenters. The number of hydrogen-bond donors (Lipinski definition) is 0. The summed E-state index contributed by atoms with van der Waals surface area (Å²) in [5, 5.41) is 10.7. The molecule has 0 amide bonds. The van der Waals surface area contributed by atoms with Gasteiger partial charge in [0, 0.05) is 0 Å². The van der Waals surface area contributed by atoms with Gasteiger partial charge in [0.2, 0.25) is 0 Å². The van der Waals surface area contributed by atoms with Gasteiger partial charge < -0.3 is 5.11 Å². The number of unbranched alkanes of at least 4 members (excludes halogenated alkanes) is 11. The number of rotatable bonds is 15. The van der Waals surface area contributed by atoms with Crippen molar-refractivity contribution in [3.05, 3.63) is 24.5 Å². The van der Waals surface area contributed by atoms with Gasteiger partial charge in [0.1, 0.15) is 0 Å². The fourth-order valence-corrected chi connectivity index (χ4v) is 2.39. The van der Waals surface area contributed by atoms with Gasteiger partial charge in [-0.3, -0.25) is 0 Å². The maximum atomic E-state index is 10.7. The van der Waals surface area contributed by atoms with Gasteiger partial charge in [0.05, 0.1) is 0 Å². The third-order valence-corrected chi connectivity index (χ3v) is 3.72. The Morgan fingerprint density at radius 2 is 1.19 bits per heavy atom. The van der Waals surface area contributed by atoms with Crippen LogP contribution < -0.4 is 34.7 Å². The normalized spacial score (nSPS) is 10.7. The van der Waals surface area contributed by atoms with E-state index in [1.165, 1.54) is 77.0 Å². The quantitative estimate of drug-likeness (QED) is 0.197. The van der Waals surface area contributed by atoms with E-state index in [-0.39, 0.29) is 35.3 Å². The first-order chi connectivity index (χ1) is 9.77. The smallest absolute Gasteiger partial charge is 0.876 e. The van der Waals surface area contributed by atoms with Gasteiger partial charge in [-0.25, -0.2) is 0 Å². The topological polar surface area (TPSA) is 23.1 Å². The van der Waals surface area contributed by atoms with Crippen molar-refractivity contribution in [2.24, 2.45) is 0 Å². The molecular weight excluding hydrogens is 267 g/mol. The summed E-state index contributed by atoms with van der Waals surface area (Å²) in [6.45, 7) is 5.66. The largest absolute Gasteiger partial charge is 1.00 e. The van der Waals surface area contributed by atoms with E-state index in [1.54, 1.807) is 0 Å². The van der Waals surface area contributed by atoms with Gasteiger partial charge in [-0.2, -0.15) is 0 Å². The van der Waals surface area contributed by atoms with Crippen LogP contribution in [0.15, 0.2) is 24.5 Å². The van der Waals surface area contributed by atoms with Gasteiger partial charge in [-0.15, -0.1) is 12.3 Å². The molecule has 0 aliphatic heterocycles. The van der Waals surface area contributed by atoms with E-state index < -0.39 is 0 Å². The average molecular weight is 302 g/mol. The van der Waals surface area contributed by atoms with Crippen molar-refractivity contribution in [1.82, 2.24) is 0 Å². The summed E-state index contributed by atoms with van der Waals surface area (Å²) in [5.41, 5.74) is 0. The predicted octanol–water partition coefficient (Wildman–Crippen LogP) is 2.90. The van der Waals surface area contributed by atoms with Gasteiger partial charge in [-0.1, -0.05) is 76.9 Å². The monoisotopic (exact) mass is 302 g/mol. The van der Waals surface area contributed by atoms with Gasteiger partial charge in [-0.05, 0) is 32.1 Å². The molecule has 0 aromatic rings. The van der Waals surface area contributed by atoms with Crippen LogP contribution in [0.5, 0.6) is 0 Å². The van der Waals surface area contributed by atoms with Gasteiger partial charge in [0.25, 0.3) is 0 Å². The molecule has 0 aliphatic rings. The van der Waals surface area contributed by atoms with E-state index in [9.17, 15) is 5.11 Å². The second-order valence-electron chi connectivity index (χ2n) is 5.87. The molecule has 0 N–H and O–H groups in total. The fraction of sp³-hybridized carbons (Fsp3) is 0.789. The molecule has 21 heavy (non-hydrogen) atoms. The van der Waals surface area contributed by atoms with Crippen LogP contribution in [0.4, 0.5) is 0 Å². The molecule has 0 saturated heterocycles. The summed E-state index contributed by atoms with van der Waals surface area (Å²) in [6, 6.07) is 0. The van der Waals surface area contributed by atoms with Gasteiger partial charge in [0.15, 0.2) is 0 Å². The van der Waals surface area contributed by atoms with E-state index in [2.05, 4.69) is 25.7 Å². The van der Waals surface area contributed by atoms with Crippen molar-refractivity contribution in [3.8, 4) is 0 Å². The second kappa shape index (κ2) is 20.3.